The molecule has 1 atom stereocenters. The maximum atomic E-state index is 13.1. The van der Waals surface area contributed by atoms with Crippen LogP contribution in [0, 0.1) is 13.8 Å². The number of rotatable bonds is 12. The molecule has 0 saturated carbocycles. The molecule has 0 aliphatic heterocycles. The van der Waals surface area contributed by atoms with E-state index in [-0.39, 0.29) is 11.8 Å². The quantitative estimate of drug-likeness (QED) is 0.498. The molecule has 168 valence electrons. The van der Waals surface area contributed by atoms with E-state index in [9.17, 15) is 9.59 Å². The summed E-state index contributed by atoms with van der Waals surface area (Å²) in [6, 6.07) is 15.5. The Hall–Kier alpha value is -2.82. The number of aryl methyl sites for hydroxylation is 2. The van der Waals surface area contributed by atoms with E-state index in [1.165, 1.54) is 11.1 Å². The Morgan fingerprint density at radius 2 is 1.58 bits per heavy atom. The first-order valence-corrected chi connectivity index (χ1v) is 11.3. The molecule has 0 aromatic heterocycles. The standard InChI is InChI=1S/C26H36N2O3/c1-5-17-27-26(30)24(6-2)28(19-22-13-9-20(3)10-14-22)25(29)8-7-18-31-23-15-11-21(4)12-16-23/h9-16,24H,5-8,17-19H2,1-4H3,(H,27,30)/t24-/m1/s1. The van der Waals surface area contributed by atoms with Crippen LogP contribution in [0.5, 0.6) is 5.75 Å². The van der Waals surface area contributed by atoms with Crippen molar-refractivity contribution in [2.24, 2.45) is 0 Å². The second-order valence-electron chi connectivity index (χ2n) is 7.99. The summed E-state index contributed by atoms with van der Waals surface area (Å²) in [4.78, 5) is 27.6. The molecule has 31 heavy (non-hydrogen) atoms. The molecule has 0 heterocycles. The average molecular weight is 425 g/mol. The molecular formula is C26H36N2O3. The van der Waals surface area contributed by atoms with Gasteiger partial charge in [0.2, 0.25) is 11.8 Å². The van der Waals surface area contributed by atoms with Crippen LogP contribution in [0.25, 0.3) is 0 Å². The summed E-state index contributed by atoms with van der Waals surface area (Å²) in [7, 11) is 0. The van der Waals surface area contributed by atoms with Crippen molar-refractivity contribution in [3.63, 3.8) is 0 Å². The maximum absolute atomic E-state index is 13.1. The van der Waals surface area contributed by atoms with E-state index in [0.29, 0.717) is 39.0 Å². The first-order valence-electron chi connectivity index (χ1n) is 11.3. The lowest BCUT2D eigenvalue weighted by atomic mass is 10.1. The van der Waals surface area contributed by atoms with Gasteiger partial charge in [-0.2, -0.15) is 0 Å². The number of benzene rings is 2. The number of carbonyl (C=O) groups is 2. The fraction of sp³-hybridized carbons (Fsp3) is 0.462. The summed E-state index contributed by atoms with van der Waals surface area (Å²) in [5, 5.41) is 2.95. The van der Waals surface area contributed by atoms with Crippen molar-refractivity contribution in [3.8, 4) is 5.75 Å². The van der Waals surface area contributed by atoms with Gasteiger partial charge in [0.1, 0.15) is 11.8 Å². The van der Waals surface area contributed by atoms with E-state index >= 15 is 0 Å². The fourth-order valence-electron chi connectivity index (χ4n) is 3.37. The zero-order valence-corrected chi connectivity index (χ0v) is 19.3. The van der Waals surface area contributed by atoms with Crippen LogP contribution < -0.4 is 10.1 Å². The fourth-order valence-corrected chi connectivity index (χ4v) is 3.37. The molecule has 5 nitrogen and oxygen atoms in total. The Morgan fingerprint density at radius 3 is 2.16 bits per heavy atom. The summed E-state index contributed by atoms with van der Waals surface area (Å²) in [5.41, 5.74) is 3.38. The van der Waals surface area contributed by atoms with Crippen molar-refractivity contribution < 1.29 is 14.3 Å². The van der Waals surface area contributed by atoms with Crippen LogP contribution in [0.2, 0.25) is 0 Å². The highest BCUT2D eigenvalue weighted by molar-refractivity contribution is 5.87. The van der Waals surface area contributed by atoms with Gasteiger partial charge in [-0.1, -0.05) is 61.4 Å². The lowest BCUT2D eigenvalue weighted by molar-refractivity contribution is -0.141. The predicted molar refractivity (Wildman–Crippen MR) is 125 cm³/mol. The Bertz CT molecular complexity index is 816. The van der Waals surface area contributed by atoms with Gasteiger partial charge in [0, 0.05) is 19.5 Å². The molecule has 2 amide bonds. The van der Waals surface area contributed by atoms with E-state index in [4.69, 9.17) is 4.74 Å². The summed E-state index contributed by atoms with van der Waals surface area (Å²) in [6.07, 6.45) is 2.39. The van der Waals surface area contributed by atoms with Crippen LogP contribution in [0.4, 0.5) is 0 Å². The van der Waals surface area contributed by atoms with Gasteiger partial charge in [0.05, 0.1) is 6.61 Å². The van der Waals surface area contributed by atoms with Gasteiger partial charge in [-0.25, -0.2) is 0 Å². The molecule has 0 saturated heterocycles. The molecule has 0 radical (unpaired) electrons. The molecule has 0 aliphatic rings. The van der Waals surface area contributed by atoms with Crippen LogP contribution in [0.3, 0.4) is 0 Å². The van der Waals surface area contributed by atoms with E-state index in [2.05, 4.69) is 5.32 Å². The summed E-state index contributed by atoms with van der Waals surface area (Å²) in [6.45, 7) is 9.55. The Kier molecular flexibility index (Phi) is 10.1. The highest BCUT2D eigenvalue weighted by Crippen LogP contribution is 2.16. The number of nitrogens with one attached hydrogen (secondary N) is 1. The van der Waals surface area contributed by atoms with Gasteiger partial charge in [-0.3, -0.25) is 9.59 Å². The van der Waals surface area contributed by atoms with E-state index < -0.39 is 6.04 Å². The van der Waals surface area contributed by atoms with Crippen LogP contribution in [0.15, 0.2) is 48.5 Å². The third kappa shape index (κ3) is 8.08. The molecule has 0 fully saturated rings. The number of ether oxygens (including phenoxy) is 1. The minimum Gasteiger partial charge on any atom is -0.494 e. The Balaban J connectivity index is 2.02. The number of amides is 2. The molecule has 0 aliphatic carbocycles. The SMILES string of the molecule is CCCNC(=O)[C@@H](CC)N(Cc1ccc(C)cc1)C(=O)CCCOc1ccc(C)cc1. The minimum absolute atomic E-state index is 0.0217. The zero-order chi connectivity index (χ0) is 22.6. The maximum Gasteiger partial charge on any atom is 0.242 e. The molecule has 5 heteroatoms. The Morgan fingerprint density at radius 1 is 0.968 bits per heavy atom. The molecule has 0 spiro atoms. The smallest absolute Gasteiger partial charge is 0.242 e. The van der Waals surface area contributed by atoms with E-state index in [1.807, 2.05) is 76.2 Å². The van der Waals surface area contributed by atoms with E-state index in [0.717, 1.165) is 17.7 Å². The van der Waals surface area contributed by atoms with Gasteiger partial charge < -0.3 is 15.0 Å². The minimum atomic E-state index is -0.474. The number of carbonyl (C=O) groups excluding carboxylic acids is 2. The average Bonchev–Trinajstić information content (AvgIpc) is 2.77. The molecular weight excluding hydrogens is 388 g/mol. The largest absolute Gasteiger partial charge is 0.494 e. The van der Waals surface area contributed by atoms with Crippen molar-refractivity contribution in [2.75, 3.05) is 13.2 Å². The van der Waals surface area contributed by atoms with Gasteiger partial charge >= 0.3 is 0 Å². The normalized spacial score (nSPS) is 11.6. The van der Waals surface area contributed by atoms with Gasteiger partial charge in [-0.15, -0.1) is 0 Å². The second kappa shape index (κ2) is 12.8. The summed E-state index contributed by atoms with van der Waals surface area (Å²) >= 11 is 0. The zero-order valence-electron chi connectivity index (χ0n) is 19.3. The lowest BCUT2D eigenvalue weighted by Crippen LogP contribution is -2.49. The monoisotopic (exact) mass is 424 g/mol. The predicted octanol–water partition coefficient (Wildman–Crippen LogP) is 4.80. The van der Waals surface area contributed by atoms with Gasteiger partial charge in [-0.05, 0) is 50.8 Å². The first-order chi connectivity index (χ1) is 14.9. The topological polar surface area (TPSA) is 58.6 Å². The molecule has 0 bridgehead atoms. The summed E-state index contributed by atoms with van der Waals surface area (Å²) in [5.74, 6) is 0.701. The number of hydrogen-bond acceptors (Lipinski definition) is 3. The number of hydrogen-bond donors (Lipinski definition) is 1. The highest BCUT2D eigenvalue weighted by Gasteiger charge is 2.28. The van der Waals surface area contributed by atoms with Crippen molar-refractivity contribution in [3.05, 3.63) is 65.2 Å². The van der Waals surface area contributed by atoms with Crippen molar-refractivity contribution in [2.45, 2.75) is 66.0 Å². The van der Waals surface area contributed by atoms with Crippen LogP contribution in [-0.4, -0.2) is 35.9 Å². The molecule has 1 N–H and O–H groups in total. The van der Waals surface area contributed by atoms with Crippen molar-refractivity contribution >= 4 is 11.8 Å². The van der Waals surface area contributed by atoms with Gasteiger partial charge in [0.15, 0.2) is 0 Å². The van der Waals surface area contributed by atoms with Crippen LogP contribution >= 0.6 is 0 Å². The molecule has 2 aromatic carbocycles. The highest BCUT2D eigenvalue weighted by atomic mass is 16.5. The summed E-state index contributed by atoms with van der Waals surface area (Å²) < 4.78 is 5.76. The number of nitrogens with zero attached hydrogens (tertiary/aromatic N) is 1. The first kappa shape index (κ1) is 24.4. The van der Waals surface area contributed by atoms with Crippen LogP contribution in [-0.2, 0) is 16.1 Å². The second-order valence-corrected chi connectivity index (χ2v) is 7.99. The Labute approximate surface area is 186 Å². The van der Waals surface area contributed by atoms with Crippen molar-refractivity contribution in [1.82, 2.24) is 10.2 Å². The molecule has 2 rings (SSSR count). The van der Waals surface area contributed by atoms with Crippen LogP contribution in [0.1, 0.15) is 56.2 Å². The van der Waals surface area contributed by atoms with E-state index in [1.54, 1.807) is 4.90 Å². The lowest BCUT2D eigenvalue weighted by Gasteiger charge is -2.30. The molecule has 0 unspecified atom stereocenters. The third-order valence-corrected chi connectivity index (χ3v) is 5.23. The van der Waals surface area contributed by atoms with Gasteiger partial charge in [0.25, 0.3) is 0 Å². The van der Waals surface area contributed by atoms with Crippen molar-refractivity contribution in [1.29, 1.82) is 0 Å². The molecule has 2 aromatic rings. The third-order valence-electron chi connectivity index (χ3n) is 5.23.